The van der Waals surface area contributed by atoms with E-state index in [1.54, 1.807) is 16.2 Å². The molecule has 2 aliphatic heterocycles. The summed E-state index contributed by atoms with van der Waals surface area (Å²) in [6.45, 7) is 2.40. The van der Waals surface area contributed by atoms with Gasteiger partial charge < -0.3 is 19.9 Å². The maximum absolute atomic E-state index is 13.9. The molecule has 0 spiro atoms. The molecule has 1 atom stereocenters. The number of nitrogens with one attached hydrogen (secondary N) is 2. The van der Waals surface area contributed by atoms with E-state index >= 15 is 0 Å². The first-order valence-electron chi connectivity index (χ1n) is 9.17. The molecule has 1 aromatic carbocycles. The van der Waals surface area contributed by atoms with Crippen LogP contribution in [0.15, 0.2) is 18.2 Å². The molecule has 1 fully saturated rings. The van der Waals surface area contributed by atoms with Crippen LogP contribution in [0.5, 0.6) is 0 Å². The molecule has 0 saturated carbocycles. The Morgan fingerprint density at radius 2 is 2.21 bits per heavy atom. The number of nitrogens with zero attached hydrogens (tertiary/aromatic N) is 2. The largest absolute Gasteiger partial charge is 0.379 e. The van der Waals surface area contributed by atoms with Crippen molar-refractivity contribution >= 4 is 33.3 Å². The molecule has 1 unspecified atom stereocenters. The van der Waals surface area contributed by atoms with Crippen LogP contribution in [0.2, 0.25) is 0 Å². The lowest BCUT2D eigenvalue weighted by molar-refractivity contribution is 0.0731. The summed E-state index contributed by atoms with van der Waals surface area (Å²) < 4.78 is 33.2. The molecule has 9 heteroatoms. The molecule has 3 aromatic rings. The minimum atomic E-state index is -0.578. The molecule has 0 bridgehead atoms. The highest BCUT2D eigenvalue weighted by Crippen LogP contribution is 2.30. The predicted molar refractivity (Wildman–Crippen MR) is 102 cm³/mol. The Bertz CT molecular complexity index is 1020. The quantitative estimate of drug-likeness (QED) is 0.703. The van der Waals surface area contributed by atoms with Crippen LogP contribution >= 0.6 is 11.3 Å². The molecule has 4 heterocycles. The Balaban J connectivity index is 1.35. The summed E-state index contributed by atoms with van der Waals surface area (Å²) in [6.07, 6.45) is 1.62. The van der Waals surface area contributed by atoms with Crippen molar-refractivity contribution in [3.63, 3.8) is 0 Å². The fourth-order valence-electron chi connectivity index (χ4n) is 3.69. The zero-order valence-electron chi connectivity index (χ0n) is 14.9. The molecular formula is C19H18F2N4O2S. The Morgan fingerprint density at radius 1 is 1.36 bits per heavy atom. The Labute approximate surface area is 163 Å². The molecule has 5 rings (SSSR count). The van der Waals surface area contributed by atoms with Gasteiger partial charge in [0, 0.05) is 29.8 Å². The Kier molecular flexibility index (Phi) is 4.28. The first-order chi connectivity index (χ1) is 13.6. The van der Waals surface area contributed by atoms with Gasteiger partial charge in [0.1, 0.15) is 17.3 Å². The SMILES string of the molecule is O=C(c1cc2c(F)ccc(F)c2[nH]1)N1CCc2nc(NC3CCOC3)sc2C1. The van der Waals surface area contributed by atoms with Gasteiger partial charge in [0.2, 0.25) is 0 Å². The molecule has 0 radical (unpaired) electrons. The monoisotopic (exact) mass is 404 g/mol. The van der Waals surface area contributed by atoms with Crippen LogP contribution in [0.3, 0.4) is 0 Å². The molecule has 0 aliphatic carbocycles. The van der Waals surface area contributed by atoms with Gasteiger partial charge in [-0.25, -0.2) is 13.8 Å². The van der Waals surface area contributed by atoms with Gasteiger partial charge in [0.15, 0.2) is 5.13 Å². The zero-order chi connectivity index (χ0) is 19.3. The van der Waals surface area contributed by atoms with Crippen LogP contribution in [0.25, 0.3) is 10.9 Å². The lowest BCUT2D eigenvalue weighted by atomic mass is 10.1. The summed E-state index contributed by atoms with van der Waals surface area (Å²) in [6, 6.07) is 3.78. The van der Waals surface area contributed by atoms with E-state index < -0.39 is 11.6 Å². The number of anilines is 1. The highest BCUT2D eigenvalue weighted by Gasteiger charge is 2.27. The third-order valence-electron chi connectivity index (χ3n) is 5.20. The number of hydrogen-bond acceptors (Lipinski definition) is 5. The number of ether oxygens (including phenoxy) is 1. The van der Waals surface area contributed by atoms with E-state index in [2.05, 4.69) is 15.3 Å². The average molecular weight is 404 g/mol. The maximum Gasteiger partial charge on any atom is 0.270 e. The van der Waals surface area contributed by atoms with Gasteiger partial charge in [-0.05, 0) is 24.6 Å². The highest BCUT2D eigenvalue weighted by molar-refractivity contribution is 7.15. The van der Waals surface area contributed by atoms with E-state index in [-0.39, 0.29) is 28.5 Å². The van der Waals surface area contributed by atoms with Gasteiger partial charge in [-0.2, -0.15) is 0 Å². The van der Waals surface area contributed by atoms with Crippen molar-refractivity contribution in [2.75, 3.05) is 25.1 Å². The van der Waals surface area contributed by atoms with Crippen molar-refractivity contribution in [1.82, 2.24) is 14.9 Å². The van der Waals surface area contributed by atoms with Gasteiger partial charge in [-0.1, -0.05) is 11.3 Å². The van der Waals surface area contributed by atoms with Crippen LogP contribution in [0.1, 0.15) is 27.5 Å². The number of H-pyrrole nitrogens is 1. The summed E-state index contributed by atoms with van der Waals surface area (Å²) >= 11 is 1.55. The summed E-state index contributed by atoms with van der Waals surface area (Å²) in [4.78, 5) is 23.0. The van der Waals surface area contributed by atoms with Crippen LogP contribution in [0.4, 0.5) is 13.9 Å². The molecule has 6 nitrogen and oxygen atoms in total. The smallest absolute Gasteiger partial charge is 0.270 e. The Morgan fingerprint density at radius 3 is 3.00 bits per heavy atom. The van der Waals surface area contributed by atoms with Crippen LogP contribution in [-0.4, -0.2) is 46.6 Å². The fourth-order valence-corrected chi connectivity index (χ4v) is 4.79. The standard InChI is InChI=1S/C19H18F2N4O2S/c20-12-1-2-13(21)17-11(12)7-15(23-17)18(26)25-5-3-14-16(8-25)28-19(24-14)22-10-4-6-27-9-10/h1-2,7,10,23H,3-6,8-9H2,(H,22,24). The average Bonchev–Trinajstić information content (AvgIpc) is 3.43. The summed E-state index contributed by atoms with van der Waals surface area (Å²) in [5.41, 5.74) is 1.21. The molecule has 28 heavy (non-hydrogen) atoms. The third kappa shape index (κ3) is 3.04. The second-order valence-corrected chi connectivity index (χ2v) is 8.15. The van der Waals surface area contributed by atoms with Gasteiger partial charge >= 0.3 is 0 Å². The molecule has 146 valence electrons. The number of halogens is 2. The fraction of sp³-hybridized carbons (Fsp3) is 0.368. The van der Waals surface area contributed by atoms with E-state index in [9.17, 15) is 13.6 Å². The lowest BCUT2D eigenvalue weighted by Gasteiger charge is -2.25. The molecule has 2 aliphatic rings. The van der Waals surface area contributed by atoms with E-state index in [4.69, 9.17) is 4.74 Å². The van der Waals surface area contributed by atoms with E-state index in [1.165, 1.54) is 6.07 Å². The van der Waals surface area contributed by atoms with Crippen molar-refractivity contribution in [2.45, 2.75) is 25.4 Å². The summed E-state index contributed by atoms with van der Waals surface area (Å²) in [5, 5.41) is 4.33. The van der Waals surface area contributed by atoms with Crippen molar-refractivity contribution in [2.24, 2.45) is 0 Å². The number of thiazole rings is 1. The predicted octanol–water partition coefficient (Wildman–Crippen LogP) is 3.30. The number of hydrogen-bond donors (Lipinski definition) is 2. The van der Waals surface area contributed by atoms with Crippen LogP contribution in [-0.2, 0) is 17.7 Å². The number of rotatable bonds is 3. The van der Waals surface area contributed by atoms with Crippen molar-refractivity contribution < 1.29 is 18.3 Å². The van der Waals surface area contributed by atoms with Gasteiger partial charge in [-0.3, -0.25) is 4.79 Å². The molecule has 1 saturated heterocycles. The molecule has 2 N–H and O–H groups in total. The number of aromatic amines is 1. The summed E-state index contributed by atoms with van der Waals surface area (Å²) in [5.74, 6) is -1.40. The minimum absolute atomic E-state index is 0.0177. The number of fused-ring (bicyclic) bond motifs is 2. The van der Waals surface area contributed by atoms with E-state index in [0.29, 0.717) is 26.1 Å². The van der Waals surface area contributed by atoms with Crippen molar-refractivity contribution in [3.8, 4) is 0 Å². The van der Waals surface area contributed by atoms with Gasteiger partial charge in [0.25, 0.3) is 5.91 Å². The topological polar surface area (TPSA) is 70.2 Å². The second kappa shape index (κ2) is 6.82. The van der Waals surface area contributed by atoms with Crippen LogP contribution < -0.4 is 5.32 Å². The van der Waals surface area contributed by atoms with Gasteiger partial charge in [0.05, 0.1) is 30.4 Å². The molecule has 1 amide bonds. The maximum atomic E-state index is 13.9. The molecule has 2 aromatic heterocycles. The third-order valence-corrected chi connectivity index (χ3v) is 6.21. The number of aromatic nitrogens is 2. The normalized spacial score (nSPS) is 19.2. The van der Waals surface area contributed by atoms with Crippen molar-refractivity contribution in [3.05, 3.63) is 46.1 Å². The van der Waals surface area contributed by atoms with E-state index in [0.717, 1.165) is 40.9 Å². The Hall–Kier alpha value is -2.52. The van der Waals surface area contributed by atoms with Gasteiger partial charge in [-0.15, -0.1) is 0 Å². The van der Waals surface area contributed by atoms with Crippen LogP contribution in [0, 0.1) is 11.6 Å². The number of carbonyl (C=O) groups is 1. The van der Waals surface area contributed by atoms with Crippen molar-refractivity contribution in [1.29, 1.82) is 0 Å². The number of carbonyl (C=O) groups excluding carboxylic acids is 1. The highest BCUT2D eigenvalue weighted by atomic mass is 32.1. The zero-order valence-corrected chi connectivity index (χ0v) is 15.7. The number of benzene rings is 1. The minimum Gasteiger partial charge on any atom is -0.379 e. The second-order valence-electron chi connectivity index (χ2n) is 7.07. The first kappa shape index (κ1) is 17.6. The summed E-state index contributed by atoms with van der Waals surface area (Å²) in [7, 11) is 0. The first-order valence-corrected chi connectivity index (χ1v) is 9.99. The molecular weight excluding hydrogens is 386 g/mol. The lowest BCUT2D eigenvalue weighted by Crippen LogP contribution is -2.35. The number of amides is 1. The van der Waals surface area contributed by atoms with E-state index in [1.807, 2.05) is 0 Å².